The Morgan fingerprint density at radius 2 is 1.79 bits per heavy atom. The van der Waals surface area contributed by atoms with Crippen LogP contribution in [0.3, 0.4) is 0 Å². The molecule has 0 heterocycles. The Morgan fingerprint density at radius 3 is 2.26 bits per heavy atom. The highest BCUT2D eigenvalue weighted by molar-refractivity contribution is 8.00. The molecule has 2 unspecified atom stereocenters. The summed E-state index contributed by atoms with van der Waals surface area (Å²) in [6.45, 7) is 8.20. The van der Waals surface area contributed by atoms with Gasteiger partial charge in [0.25, 0.3) is 0 Å². The van der Waals surface area contributed by atoms with Crippen molar-refractivity contribution in [3.05, 3.63) is 29.8 Å². The van der Waals surface area contributed by atoms with Gasteiger partial charge in [-0.05, 0) is 37.5 Å². The minimum Gasteiger partial charge on any atom is -0.353 e. The van der Waals surface area contributed by atoms with E-state index in [0.717, 1.165) is 10.5 Å². The van der Waals surface area contributed by atoms with E-state index in [1.807, 2.05) is 38.1 Å². The van der Waals surface area contributed by atoms with Crippen LogP contribution in [-0.4, -0.2) is 17.7 Å². The topological polar surface area (TPSA) is 55.1 Å². The molecule has 2 atom stereocenters. The van der Waals surface area contributed by atoms with Gasteiger partial charge in [0.15, 0.2) is 0 Å². The van der Waals surface area contributed by atoms with Crippen molar-refractivity contribution in [3.63, 3.8) is 0 Å². The average Bonchev–Trinajstić information content (AvgIpc) is 2.36. The molecule has 19 heavy (non-hydrogen) atoms. The summed E-state index contributed by atoms with van der Waals surface area (Å²) in [6, 6.07) is 8.33. The SMILES string of the molecule is CC(N)c1ccc(SCC(=O)NC(C)C(C)C)cc1. The molecule has 0 aliphatic rings. The molecule has 106 valence electrons. The van der Waals surface area contributed by atoms with E-state index in [1.165, 1.54) is 0 Å². The number of nitrogens with one attached hydrogen (secondary N) is 1. The van der Waals surface area contributed by atoms with Crippen LogP contribution in [0.2, 0.25) is 0 Å². The molecule has 3 N–H and O–H groups in total. The first-order valence-electron chi connectivity index (χ1n) is 6.68. The number of rotatable bonds is 6. The highest BCUT2D eigenvalue weighted by Gasteiger charge is 2.10. The Hall–Kier alpha value is -1.00. The van der Waals surface area contributed by atoms with Crippen molar-refractivity contribution < 1.29 is 4.79 Å². The van der Waals surface area contributed by atoms with E-state index in [-0.39, 0.29) is 18.0 Å². The van der Waals surface area contributed by atoms with Gasteiger partial charge in [0, 0.05) is 17.0 Å². The smallest absolute Gasteiger partial charge is 0.230 e. The molecule has 1 aromatic carbocycles. The lowest BCUT2D eigenvalue weighted by atomic mass is 10.1. The van der Waals surface area contributed by atoms with Crippen LogP contribution in [0.15, 0.2) is 29.2 Å². The first-order chi connectivity index (χ1) is 8.90. The second kappa shape index (κ2) is 7.56. The zero-order valence-corrected chi connectivity index (χ0v) is 13.0. The predicted octanol–water partition coefficient (Wildman–Crippen LogP) is 2.96. The van der Waals surface area contributed by atoms with Crippen molar-refractivity contribution in [2.75, 3.05) is 5.75 Å². The number of hydrogen-bond donors (Lipinski definition) is 2. The third kappa shape index (κ3) is 5.66. The quantitative estimate of drug-likeness (QED) is 0.788. The van der Waals surface area contributed by atoms with Gasteiger partial charge in [-0.15, -0.1) is 11.8 Å². The van der Waals surface area contributed by atoms with Gasteiger partial charge in [-0.1, -0.05) is 26.0 Å². The van der Waals surface area contributed by atoms with Crippen molar-refractivity contribution in [1.29, 1.82) is 0 Å². The molecule has 1 amide bonds. The molecule has 0 saturated heterocycles. The normalized spacial score (nSPS) is 14.2. The van der Waals surface area contributed by atoms with E-state index in [1.54, 1.807) is 11.8 Å². The number of carbonyl (C=O) groups excluding carboxylic acids is 1. The average molecular weight is 280 g/mol. The molecule has 0 saturated carbocycles. The molecule has 0 fully saturated rings. The van der Waals surface area contributed by atoms with E-state index in [9.17, 15) is 4.79 Å². The standard InChI is InChI=1S/C15H24N2OS/c1-10(2)12(4)17-15(18)9-19-14-7-5-13(6-8-14)11(3)16/h5-8,10-12H,9,16H2,1-4H3,(H,17,18). The fraction of sp³-hybridized carbons (Fsp3) is 0.533. The number of benzene rings is 1. The van der Waals surface area contributed by atoms with E-state index in [4.69, 9.17) is 5.73 Å². The third-order valence-electron chi connectivity index (χ3n) is 3.16. The van der Waals surface area contributed by atoms with Crippen LogP contribution in [-0.2, 0) is 4.79 Å². The van der Waals surface area contributed by atoms with E-state index in [0.29, 0.717) is 11.7 Å². The summed E-state index contributed by atoms with van der Waals surface area (Å²) in [5.41, 5.74) is 6.91. The molecule has 0 bridgehead atoms. The van der Waals surface area contributed by atoms with Gasteiger partial charge >= 0.3 is 0 Å². The number of hydrogen-bond acceptors (Lipinski definition) is 3. The fourth-order valence-corrected chi connectivity index (χ4v) is 2.19. The molecule has 0 aliphatic carbocycles. The first-order valence-corrected chi connectivity index (χ1v) is 7.66. The zero-order valence-electron chi connectivity index (χ0n) is 12.1. The summed E-state index contributed by atoms with van der Waals surface area (Å²) in [4.78, 5) is 12.8. The summed E-state index contributed by atoms with van der Waals surface area (Å²) in [7, 11) is 0. The Balaban J connectivity index is 2.42. The van der Waals surface area contributed by atoms with E-state index < -0.39 is 0 Å². The lowest BCUT2D eigenvalue weighted by Crippen LogP contribution is -2.37. The van der Waals surface area contributed by atoms with Crippen molar-refractivity contribution in [2.45, 2.75) is 44.7 Å². The lowest BCUT2D eigenvalue weighted by molar-refractivity contribution is -0.119. The zero-order chi connectivity index (χ0) is 14.4. The van der Waals surface area contributed by atoms with Crippen molar-refractivity contribution in [1.82, 2.24) is 5.32 Å². The minimum atomic E-state index is 0.0502. The molecule has 1 rings (SSSR count). The van der Waals surface area contributed by atoms with Crippen molar-refractivity contribution in [3.8, 4) is 0 Å². The Labute approximate surface area is 120 Å². The number of nitrogens with two attached hydrogens (primary N) is 1. The van der Waals surface area contributed by atoms with Crippen molar-refractivity contribution >= 4 is 17.7 Å². The van der Waals surface area contributed by atoms with Gasteiger partial charge in [-0.2, -0.15) is 0 Å². The molecule has 0 spiro atoms. The molecule has 0 radical (unpaired) electrons. The molecule has 3 nitrogen and oxygen atoms in total. The van der Waals surface area contributed by atoms with Crippen LogP contribution in [0, 0.1) is 5.92 Å². The predicted molar refractivity (Wildman–Crippen MR) is 82.2 cm³/mol. The Bertz CT molecular complexity index is 401. The van der Waals surface area contributed by atoms with Gasteiger partial charge in [0.2, 0.25) is 5.91 Å². The summed E-state index contributed by atoms with van der Waals surface area (Å²) in [5.74, 6) is 0.996. The van der Waals surface area contributed by atoms with Crippen LogP contribution in [0.4, 0.5) is 0 Å². The van der Waals surface area contributed by atoms with Gasteiger partial charge in [0.05, 0.1) is 5.75 Å². The fourth-order valence-electron chi connectivity index (χ4n) is 1.48. The summed E-state index contributed by atoms with van der Waals surface area (Å²) >= 11 is 1.55. The molecule has 0 aliphatic heterocycles. The maximum absolute atomic E-state index is 11.8. The van der Waals surface area contributed by atoms with Crippen LogP contribution < -0.4 is 11.1 Å². The second-order valence-electron chi connectivity index (χ2n) is 5.25. The number of amides is 1. The molecule has 1 aromatic rings. The third-order valence-corrected chi connectivity index (χ3v) is 4.18. The maximum Gasteiger partial charge on any atom is 0.230 e. The van der Waals surface area contributed by atoms with Crippen LogP contribution in [0.1, 0.15) is 39.3 Å². The van der Waals surface area contributed by atoms with Gasteiger partial charge in [-0.3, -0.25) is 4.79 Å². The molecule has 4 heteroatoms. The van der Waals surface area contributed by atoms with Gasteiger partial charge in [-0.25, -0.2) is 0 Å². The highest BCUT2D eigenvalue weighted by atomic mass is 32.2. The highest BCUT2D eigenvalue weighted by Crippen LogP contribution is 2.20. The number of carbonyl (C=O) groups is 1. The van der Waals surface area contributed by atoms with Crippen LogP contribution >= 0.6 is 11.8 Å². The largest absolute Gasteiger partial charge is 0.353 e. The maximum atomic E-state index is 11.8. The summed E-state index contributed by atoms with van der Waals surface area (Å²) in [5, 5.41) is 3.00. The van der Waals surface area contributed by atoms with Crippen LogP contribution in [0.25, 0.3) is 0 Å². The minimum absolute atomic E-state index is 0.0502. The Morgan fingerprint density at radius 1 is 1.21 bits per heavy atom. The lowest BCUT2D eigenvalue weighted by Gasteiger charge is -2.17. The monoisotopic (exact) mass is 280 g/mol. The molecule has 0 aromatic heterocycles. The van der Waals surface area contributed by atoms with E-state index >= 15 is 0 Å². The van der Waals surface area contributed by atoms with Gasteiger partial charge in [0.1, 0.15) is 0 Å². The van der Waals surface area contributed by atoms with Gasteiger partial charge < -0.3 is 11.1 Å². The number of thioether (sulfide) groups is 1. The Kier molecular flexibility index (Phi) is 6.38. The van der Waals surface area contributed by atoms with Crippen LogP contribution in [0.5, 0.6) is 0 Å². The first kappa shape index (κ1) is 16.1. The summed E-state index contributed by atoms with van der Waals surface area (Å²) < 4.78 is 0. The molecular formula is C15H24N2OS. The summed E-state index contributed by atoms with van der Waals surface area (Å²) in [6.07, 6.45) is 0. The van der Waals surface area contributed by atoms with Crippen molar-refractivity contribution in [2.24, 2.45) is 11.7 Å². The molecular weight excluding hydrogens is 256 g/mol. The van der Waals surface area contributed by atoms with E-state index in [2.05, 4.69) is 19.2 Å². The second-order valence-corrected chi connectivity index (χ2v) is 6.30.